The molecule has 0 unspecified atom stereocenters. The van der Waals surface area contributed by atoms with Crippen molar-refractivity contribution in [3.63, 3.8) is 0 Å². The molecule has 0 fully saturated rings. The average Bonchev–Trinajstić information content (AvgIpc) is 2.41. The summed E-state index contributed by atoms with van der Waals surface area (Å²) < 4.78 is 0. The van der Waals surface area contributed by atoms with Crippen molar-refractivity contribution in [3.8, 4) is 11.1 Å². The number of hydrogen-bond donors (Lipinski definition) is 2. The van der Waals surface area contributed by atoms with Gasteiger partial charge in [-0.15, -0.1) is 0 Å². The Bertz CT molecular complexity index is 659. The number of nitrogen functional groups attached to an aromatic ring is 1. The van der Waals surface area contributed by atoms with Crippen LogP contribution in [0.25, 0.3) is 23.3 Å². The fourth-order valence-electron chi connectivity index (χ4n) is 2.51. The van der Waals surface area contributed by atoms with Gasteiger partial charge >= 0.3 is 0 Å². The molecule has 102 valence electrons. The van der Waals surface area contributed by atoms with Crippen LogP contribution in [0.1, 0.15) is 22.3 Å². The van der Waals surface area contributed by atoms with Crippen LogP contribution in [0, 0.1) is 13.8 Å². The summed E-state index contributed by atoms with van der Waals surface area (Å²) >= 11 is 0. The lowest BCUT2D eigenvalue weighted by Gasteiger charge is -2.13. The fraction of sp³-hybridized carbons (Fsp3) is 0.111. The number of hydrogen-bond acceptors (Lipinski definition) is 2. The largest absolute Gasteiger partial charge is 0.405 e. The second kappa shape index (κ2) is 5.66. The molecule has 0 heterocycles. The van der Waals surface area contributed by atoms with Gasteiger partial charge in [0.2, 0.25) is 0 Å². The molecule has 2 aromatic carbocycles. The van der Waals surface area contributed by atoms with Crippen LogP contribution in [-0.4, -0.2) is 0 Å². The van der Waals surface area contributed by atoms with E-state index >= 15 is 0 Å². The van der Waals surface area contributed by atoms with E-state index in [1.54, 1.807) is 12.3 Å². The molecule has 20 heavy (non-hydrogen) atoms. The Hall–Kier alpha value is -2.48. The number of anilines is 1. The molecule has 2 aromatic rings. The highest BCUT2D eigenvalue weighted by Gasteiger charge is 2.09. The molecular weight excluding hydrogens is 244 g/mol. The molecule has 2 nitrogen and oxygen atoms in total. The SMILES string of the molecule is C=Cc1c(C)cc(-c2cccc(C)c2/C=C\N)cc1N. The molecule has 0 saturated heterocycles. The number of benzene rings is 2. The van der Waals surface area contributed by atoms with Gasteiger partial charge in [0.15, 0.2) is 0 Å². The van der Waals surface area contributed by atoms with E-state index in [-0.39, 0.29) is 0 Å². The minimum absolute atomic E-state index is 0.749. The molecule has 0 radical (unpaired) electrons. The van der Waals surface area contributed by atoms with E-state index in [0.717, 1.165) is 33.5 Å². The molecule has 2 rings (SSSR count). The van der Waals surface area contributed by atoms with E-state index in [2.05, 4.69) is 31.7 Å². The van der Waals surface area contributed by atoms with Gasteiger partial charge in [-0.3, -0.25) is 0 Å². The predicted octanol–water partition coefficient (Wildman–Crippen LogP) is 4.13. The Morgan fingerprint density at radius 3 is 2.40 bits per heavy atom. The van der Waals surface area contributed by atoms with Gasteiger partial charge in [-0.1, -0.05) is 36.9 Å². The van der Waals surface area contributed by atoms with E-state index in [9.17, 15) is 0 Å². The minimum atomic E-state index is 0.749. The Morgan fingerprint density at radius 1 is 1.05 bits per heavy atom. The Kier molecular flexibility index (Phi) is 3.94. The molecule has 0 aromatic heterocycles. The van der Waals surface area contributed by atoms with Gasteiger partial charge in [0, 0.05) is 5.69 Å². The topological polar surface area (TPSA) is 52.0 Å². The Morgan fingerprint density at radius 2 is 1.80 bits per heavy atom. The van der Waals surface area contributed by atoms with Crippen LogP contribution in [0.2, 0.25) is 0 Å². The van der Waals surface area contributed by atoms with Crippen molar-refractivity contribution in [2.45, 2.75) is 13.8 Å². The van der Waals surface area contributed by atoms with E-state index < -0.39 is 0 Å². The summed E-state index contributed by atoms with van der Waals surface area (Å²) in [6, 6.07) is 10.3. The van der Waals surface area contributed by atoms with Gasteiger partial charge < -0.3 is 11.5 Å². The molecule has 4 N–H and O–H groups in total. The van der Waals surface area contributed by atoms with Crippen LogP contribution in [0.5, 0.6) is 0 Å². The normalized spacial score (nSPS) is 10.9. The molecule has 0 amide bonds. The molecule has 2 heteroatoms. The van der Waals surface area contributed by atoms with Crippen molar-refractivity contribution in [1.82, 2.24) is 0 Å². The summed E-state index contributed by atoms with van der Waals surface area (Å²) in [7, 11) is 0. The Balaban J connectivity index is 2.69. The molecule has 0 aliphatic heterocycles. The Labute approximate surface area is 120 Å². The third-order valence-electron chi connectivity index (χ3n) is 3.52. The summed E-state index contributed by atoms with van der Waals surface area (Å²) in [4.78, 5) is 0. The van der Waals surface area contributed by atoms with Gasteiger partial charge in [0.05, 0.1) is 0 Å². The van der Waals surface area contributed by atoms with Crippen LogP contribution >= 0.6 is 0 Å². The summed E-state index contributed by atoms with van der Waals surface area (Å²) in [6.45, 7) is 7.93. The fourth-order valence-corrected chi connectivity index (χ4v) is 2.51. The maximum absolute atomic E-state index is 6.12. The molecule has 0 saturated carbocycles. The first-order chi connectivity index (χ1) is 9.58. The number of aryl methyl sites for hydroxylation is 2. The highest BCUT2D eigenvalue weighted by Crippen LogP contribution is 2.31. The smallest absolute Gasteiger partial charge is 0.0396 e. The van der Waals surface area contributed by atoms with Crippen LogP contribution in [-0.2, 0) is 0 Å². The van der Waals surface area contributed by atoms with Crippen molar-refractivity contribution in [3.05, 3.63) is 65.4 Å². The summed E-state index contributed by atoms with van der Waals surface area (Å²) in [6.07, 6.45) is 5.29. The standard InChI is InChI=1S/C18H20N2/c1-4-15-13(3)10-14(11-18(15)20)17-7-5-6-12(2)16(17)8-9-19/h4-11H,1,19-20H2,2-3H3/b9-8-. The van der Waals surface area contributed by atoms with Crippen molar-refractivity contribution >= 4 is 17.8 Å². The quantitative estimate of drug-likeness (QED) is 0.819. The predicted molar refractivity (Wildman–Crippen MR) is 89.1 cm³/mol. The van der Waals surface area contributed by atoms with E-state index in [1.807, 2.05) is 25.1 Å². The van der Waals surface area contributed by atoms with Crippen LogP contribution in [0.3, 0.4) is 0 Å². The van der Waals surface area contributed by atoms with E-state index in [0.29, 0.717) is 0 Å². The van der Waals surface area contributed by atoms with Crippen LogP contribution < -0.4 is 11.5 Å². The molecule has 0 atom stereocenters. The zero-order valence-electron chi connectivity index (χ0n) is 12.0. The minimum Gasteiger partial charge on any atom is -0.405 e. The second-order valence-corrected chi connectivity index (χ2v) is 4.90. The third-order valence-corrected chi connectivity index (χ3v) is 3.52. The molecular formula is C18H20N2. The number of nitrogens with two attached hydrogens (primary N) is 2. The first kappa shape index (κ1) is 13.9. The lowest BCUT2D eigenvalue weighted by molar-refractivity contribution is 1.41. The molecule has 0 aliphatic rings. The maximum Gasteiger partial charge on any atom is 0.0396 e. The zero-order valence-corrected chi connectivity index (χ0v) is 12.0. The highest BCUT2D eigenvalue weighted by atomic mass is 14.6. The van der Waals surface area contributed by atoms with Gasteiger partial charge in [-0.05, 0) is 65.6 Å². The summed E-state index contributed by atoms with van der Waals surface area (Å²) in [5.74, 6) is 0. The van der Waals surface area contributed by atoms with Crippen LogP contribution in [0.15, 0.2) is 43.1 Å². The van der Waals surface area contributed by atoms with Gasteiger partial charge in [-0.2, -0.15) is 0 Å². The summed E-state index contributed by atoms with van der Waals surface area (Å²) in [5.41, 5.74) is 19.1. The van der Waals surface area contributed by atoms with E-state index in [4.69, 9.17) is 11.5 Å². The highest BCUT2D eigenvalue weighted by molar-refractivity contribution is 5.81. The van der Waals surface area contributed by atoms with Gasteiger partial charge in [-0.25, -0.2) is 0 Å². The molecule has 0 bridgehead atoms. The van der Waals surface area contributed by atoms with Gasteiger partial charge in [0.25, 0.3) is 0 Å². The second-order valence-electron chi connectivity index (χ2n) is 4.90. The lowest BCUT2D eigenvalue weighted by atomic mass is 9.93. The summed E-state index contributed by atoms with van der Waals surface area (Å²) in [5, 5.41) is 0. The first-order valence-electron chi connectivity index (χ1n) is 6.59. The van der Waals surface area contributed by atoms with Crippen molar-refractivity contribution in [2.24, 2.45) is 5.73 Å². The lowest BCUT2D eigenvalue weighted by Crippen LogP contribution is -1.95. The molecule has 0 aliphatic carbocycles. The average molecular weight is 264 g/mol. The third kappa shape index (κ3) is 2.45. The van der Waals surface area contributed by atoms with Crippen molar-refractivity contribution in [2.75, 3.05) is 5.73 Å². The van der Waals surface area contributed by atoms with Crippen molar-refractivity contribution < 1.29 is 0 Å². The first-order valence-corrected chi connectivity index (χ1v) is 6.59. The number of rotatable bonds is 3. The maximum atomic E-state index is 6.12. The van der Waals surface area contributed by atoms with Gasteiger partial charge in [0.1, 0.15) is 0 Å². The zero-order chi connectivity index (χ0) is 14.7. The van der Waals surface area contributed by atoms with Crippen molar-refractivity contribution in [1.29, 1.82) is 0 Å². The van der Waals surface area contributed by atoms with Crippen LogP contribution in [0.4, 0.5) is 5.69 Å². The monoisotopic (exact) mass is 264 g/mol. The molecule has 0 spiro atoms. The van der Waals surface area contributed by atoms with E-state index in [1.165, 1.54) is 5.56 Å².